The number of hydrogen-bond acceptors (Lipinski definition) is 8. The van der Waals surface area contributed by atoms with Crippen LogP contribution in [0.3, 0.4) is 0 Å². The summed E-state index contributed by atoms with van der Waals surface area (Å²) in [6, 6.07) is 0. The fourth-order valence-corrected chi connectivity index (χ4v) is 10.4. The highest BCUT2D eigenvalue weighted by atomic mass is 16.7. The minimum absolute atomic E-state index is 0.152. The van der Waals surface area contributed by atoms with Crippen LogP contribution in [-0.2, 0) is 33.3 Å². The Morgan fingerprint density at radius 2 is 0.684 bits per heavy atom. The predicted molar refractivity (Wildman–Crippen MR) is 334 cm³/mol. The molecule has 0 rings (SSSR count). The van der Waals surface area contributed by atoms with Crippen molar-refractivity contribution in [3.8, 4) is 0 Å². The number of hydrogen-bond donors (Lipinski definition) is 0. The third-order valence-electron chi connectivity index (χ3n) is 15.7. The average molecular weight is 1120 g/mol. The molecule has 0 radical (unpaired) electrons. The van der Waals surface area contributed by atoms with Crippen molar-refractivity contribution in [1.82, 2.24) is 0 Å². The molecule has 466 valence electrons. The van der Waals surface area contributed by atoms with E-state index >= 15 is 0 Å². The first-order valence-electron chi connectivity index (χ1n) is 34.5. The lowest BCUT2D eigenvalue weighted by Crippen LogP contribution is -2.44. The number of aliphatic carboxylic acids is 1. The molecule has 0 amide bonds. The number of ether oxygens (including phenoxy) is 4. The summed E-state index contributed by atoms with van der Waals surface area (Å²) in [6.07, 6.45) is 72.9. The van der Waals surface area contributed by atoms with Gasteiger partial charge in [0.15, 0.2) is 12.4 Å². The molecule has 0 heterocycles. The van der Waals surface area contributed by atoms with Gasteiger partial charge in [-0.3, -0.25) is 9.59 Å². The summed E-state index contributed by atoms with van der Waals surface area (Å²) < 4.78 is 22.7. The molecule has 0 N–H and O–H groups in total. The van der Waals surface area contributed by atoms with Crippen LogP contribution in [0.2, 0.25) is 0 Å². The van der Waals surface area contributed by atoms with Crippen molar-refractivity contribution in [1.29, 1.82) is 0 Å². The molecule has 0 bridgehead atoms. The van der Waals surface area contributed by atoms with Gasteiger partial charge in [-0.25, -0.2) is 0 Å². The first kappa shape index (κ1) is 76.8. The van der Waals surface area contributed by atoms with Crippen molar-refractivity contribution in [2.75, 3.05) is 47.5 Å². The molecule has 0 saturated carbocycles. The number of carbonyl (C=O) groups excluding carboxylic acids is 3. The normalized spacial score (nSPS) is 12.8. The minimum atomic E-state index is -1.62. The fraction of sp³-hybridized carbons (Fsp3) is 0.900. The molecule has 0 saturated heterocycles. The van der Waals surface area contributed by atoms with Crippen LogP contribution in [0.15, 0.2) is 24.3 Å². The number of esters is 2. The second kappa shape index (κ2) is 61.8. The molecule has 9 nitrogen and oxygen atoms in total. The molecule has 9 heteroatoms. The maximum Gasteiger partial charge on any atom is 0.306 e. The van der Waals surface area contributed by atoms with Gasteiger partial charge in [-0.1, -0.05) is 314 Å². The van der Waals surface area contributed by atoms with Gasteiger partial charge in [0.2, 0.25) is 0 Å². The molecule has 0 fully saturated rings. The van der Waals surface area contributed by atoms with Crippen LogP contribution >= 0.6 is 0 Å². The highest BCUT2D eigenvalue weighted by Gasteiger charge is 2.22. The Balaban J connectivity index is 3.86. The van der Waals surface area contributed by atoms with E-state index < -0.39 is 24.3 Å². The second-order valence-corrected chi connectivity index (χ2v) is 24.8. The Morgan fingerprint density at radius 3 is 1.00 bits per heavy atom. The summed E-state index contributed by atoms with van der Waals surface area (Å²) >= 11 is 0. The lowest BCUT2D eigenvalue weighted by Gasteiger charge is -2.26. The maximum absolute atomic E-state index is 12.9. The van der Waals surface area contributed by atoms with Crippen molar-refractivity contribution >= 4 is 17.9 Å². The zero-order chi connectivity index (χ0) is 57.6. The first-order valence-corrected chi connectivity index (χ1v) is 34.5. The van der Waals surface area contributed by atoms with E-state index in [4.69, 9.17) is 18.9 Å². The number of quaternary nitrogens is 1. The molecule has 79 heavy (non-hydrogen) atoms. The number of allylic oxidation sites excluding steroid dienone is 4. The number of carboxylic acid groups (broad SMARTS) is 1. The lowest BCUT2D eigenvalue weighted by atomic mass is 10.0. The predicted octanol–water partition coefficient (Wildman–Crippen LogP) is 19.7. The molecule has 0 aliphatic carbocycles. The SMILES string of the molecule is CCCCCCC/C=C\C/C=C\CCCCCCCCCCCCCCCCCCCCCCCCCCCCCCCC(=O)OC(COC(=O)CCCCCCCCCCCCCCC)COC(OCC[N+](C)(C)C)C(=O)[O-]. The van der Waals surface area contributed by atoms with Crippen LogP contribution in [0.4, 0.5) is 0 Å². The molecule has 0 aromatic heterocycles. The van der Waals surface area contributed by atoms with Crippen molar-refractivity contribution in [2.24, 2.45) is 0 Å². The molecule has 0 spiro atoms. The highest BCUT2D eigenvalue weighted by molar-refractivity contribution is 5.70. The van der Waals surface area contributed by atoms with Crippen molar-refractivity contribution in [2.45, 2.75) is 360 Å². The average Bonchev–Trinajstić information content (AvgIpc) is 3.42. The summed E-state index contributed by atoms with van der Waals surface area (Å²) in [5.74, 6) is -2.25. The molecule has 2 atom stereocenters. The van der Waals surface area contributed by atoms with E-state index in [2.05, 4.69) is 38.2 Å². The molecule has 2 unspecified atom stereocenters. The zero-order valence-corrected chi connectivity index (χ0v) is 53.3. The summed E-state index contributed by atoms with van der Waals surface area (Å²) in [6.45, 7) is 4.79. The van der Waals surface area contributed by atoms with Gasteiger partial charge in [-0.05, 0) is 44.9 Å². The third kappa shape index (κ3) is 63.2. The van der Waals surface area contributed by atoms with Crippen LogP contribution in [0.1, 0.15) is 348 Å². The number of rotatable bonds is 65. The number of unbranched alkanes of at least 4 members (excludes halogenated alkanes) is 46. The quantitative estimate of drug-likeness (QED) is 0.0195. The Kier molecular flexibility index (Phi) is 60.1. The molecule has 0 aliphatic rings. The molecule has 0 aromatic carbocycles. The third-order valence-corrected chi connectivity index (χ3v) is 15.7. The van der Waals surface area contributed by atoms with E-state index in [1.54, 1.807) is 0 Å². The van der Waals surface area contributed by atoms with Crippen LogP contribution in [0, 0.1) is 0 Å². The van der Waals surface area contributed by atoms with Gasteiger partial charge in [0.05, 0.1) is 40.3 Å². The van der Waals surface area contributed by atoms with E-state index in [-0.39, 0.29) is 32.2 Å². The lowest BCUT2D eigenvalue weighted by molar-refractivity contribution is -0.870. The van der Waals surface area contributed by atoms with Crippen LogP contribution in [0.5, 0.6) is 0 Å². The standard InChI is InChI=1S/C70H133NO8/c1-6-8-10-12-14-16-18-20-21-22-23-24-25-26-27-28-29-30-31-32-33-34-35-36-37-38-39-40-41-42-43-44-45-46-47-49-51-53-55-57-59-61-68(73)79-66(65-78-70(69(74)75)76-63-62-71(3,4)5)64-77-67(72)60-58-56-54-52-50-48-19-17-15-13-11-9-7-2/h18,20,22-23,66,70H,6-17,19,21,24-65H2,1-5H3/b20-18-,23-22-. The highest BCUT2D eigenvalue weighted by Crippen LogP contribution is 2.19. The Bertz CT molecular complexity index is 1340. The van der Waals surface area contributed by atoms with Crippen LogP contribution in [-0.4, -0.2) is 82.3 Å². The van der Waals surface area contributed by atoms with E-state index in [0.717, 1.165) is 44.9 Å². The maximum atomic E-state index is 12.9. The van der Waals surface area contributed by atoms with E-state index in [1.807, 2.05) is 21.1 Å². The number of likely N-dealkylation sites (N-methyl/N-ethyl adjacent to an activating group) is 1. The number of carbonyl (C=O) groups is 3. The van der Waals surface area contributed by atoms with Crippen LogP contribution < -0.4 is 5.11 Å². The van der Waals surface area contributed by atoms with Crippen molar-refractivity contribution in [3.63, 3.8) is 0 Å². The van der Waals surface area contributed by atoms with E-state index in [0.29, 0.717) is 17.4 Å². The van der Waals surface area contributed by atoms with E-state index in [1.165, 1.54) is 276 Å². The van der Waals surface area contributed by atoms with Crippen molar-refractivity contribution in [3.05, 3.63) is 24.3 Å². The fourth-order valence-electron chi connectivity index (χ4n) is 10.4. The summed E-state index contributed by atoms with van der Waals surface area (Å²) in [4.78, 5) is 37.3. The zero-order valence-electron chi connectivity index (χ0n) is 53.3. The monoisotopic (exact) mass is 1120 g/mol. The first-order chi connectivity index (χ1) is 38.6. The van der Waals surface area contributed by atoms with Gasteiger partial charge < -0.3 is 33.3 Å². The van der Waals surface area contributed by atoms with Crippen LogP contribution in [0.25, 0.3) is 0 Å². The van der Waals surface area contributed by atoms with Gasteiger partial charge in [-0.15, -0.1) is 0 Å². The van der Waals surface area contributed by atoms with Gasteiger partial charge in [0.1, 0.15) is 13.2 Å². The Morgan fingerprint density at radius 1 is 0.380 bits per heavy atom. The Labute approximate surface area is 490 Å². The van der Waals surface area contributed by atoms with Gasteiger partial charge in [0.25, 0.3) is 0 Å². The molecule has 0 aliphatic heterocycles. The topological polar surface area (TPSA) is 111 Å². The van der Waals surface area contributed by atoms with Crippen molar-refractivity contribution < 1.29 is 42.9 Å². The molecule has 0 aromatic rings. The Hall–Kier alpha value is -2.23. The number of carboxylic acids is 1. The summed E-state index contributed by atoms with van der Waals surface area (Å²) in [5, 5.41) is 11.8. The molecular weight excluding hydrogens is 983 g/mol. The summed E-state index contributed by atoms with van der Waals surface area (Å²) in [7, 11) is 5.94. The molecular formula is C70H133NO8. The number of nitrogens with zero attached hydrogens (tertiary/aromatic N) is 1. The minimum Gasteiger partial charge on any atom is -0.545 e. The van der Waals surface area contributed by atoms with Gasteiger partial charge in [0, 0.05) is 12.8 Å². The van der Waals surface area contributed by atoms with Gasteiger partial charge in [-0.2, -0.15) is 0 Å². The summed E-state index contributed by atoms with van der Waals surface area (Å²) in [5.41, 5.74) is 0. The second-order valence-electron chi connectivity index (χ2n) is 24.8. The van der Waals surface area contributed by atoms with E-state index in [9.17, 15) is 19.5 Å². The van der Waals surface area contributed by atoms with Gasteiger partial charge >= 0.3 is 11.9 Å². The largest absolute Gasteiger partial charge is 0.545 e. The smallest absolute Gasteiger partial charge is 0.306 e.